The zero-order chi connectivity index (χ0) is 19.7. The number of aromatic hydroxyl groups is 1. The van der Waals surface area contributed by atoms with Crippen molar-refractivity contribution in [2.24, 2.45) is 0 Å². The van der Waals surface area contributed by atoms with E-state index in [1.54, 1.807) is 0 Å². The van der Waals surface area contributed by atoms with Crippen molar-refractivity contribution in [3.63, 3.8) is 0 Å². The molecule has 0 fully saturated rings. The van der Waals surface area contributed by atoms with Crippen molar-refractivity contribution >= 4 is 11.9 Å². The molecular weight excluding hydrogens is 353 g/mol. The number of alkyl halides is 3. The van der Waals surface area contributed by atoms with Crippen LogP contribution in [0.15, 0.2) is 12.1 Å². The van der Waals surface area contributed by atoms with E-state index in [4.69, 9.17) is 0 Å². The number of carbonyl (C=O) groups is 2. The smallest absolute Gasteiger partial charge is 0.417 e. The van der Waals surface area contributed by atoms with E-state index in [0.29, 0.717) is 25.1 Å². The SMILES string of the molecule is CCCCCCCNC(=O)NC(=O)c1cc(O)c(OC)cc1C(F)(F)F. The second-order valence-electron chi connectivity index (χ2n) is 5.69. The van der Waals surface area contributed by atoms with Crippen LogP contribution < -0.4 is 15.4 Å². The Labute approximate surface area is 149 Å². The molecule has 0 aromatic heterocycles. The van der Waals surface area contributed by atoms with Gasteiger partial charge in [-0.15, -0.1) is 0 Å². The summed E-state index contributed by atoms with van der Waals surface area (Å²) in [6, 6.07) is 0.235. The molecule has 9 heteroatoms. The number of hydrogen-bond acceptors (Lipinski definition) is 4. The number of benzene rings is 1. The van der Waals surface area contributed by atoms with Crippen molar-refractivity contribution in [3.05, 3.63) is 23.3 Å². The molecule has 0 bridgehead atoms. The summed E-state index contributed by atoms with van der Waals surface area (Å²) in [5.41, 5.74) is -2.18. The Bertz CT molecular complexity index is 633. The third-order valence-corrected chi connectivity index (χ3v) is 3.66. The molecular formula is C17H23F3N2O4. The van der Waals surface area contributed by atoms with E-state index in [-0.39, 0.29) is 0 Å². The highest BCUT2D eigenvalue weighted by Gasteiger charge is 2.37. The van der Waals surface area contributed by atoms with E-state index >= 15 is 0 Å². The fourth-order valence-electron chi connectivity index (χ4n) is 2.30. The number of nitrogens with one attached hydrogen (secondary N) is 2. The largest absolute Gasteiger partial charge is 0.504 e. The normalized spacial score (nSPS) is 11.1. The number of amides is 3. The van der Waals surface area contributed by atoms with Crippen LogP contribution in [0, 0.1) is 0 Å². The standard InChI is InChI=1S/C17H23F3N2O4/c1-3-4-5-6-7-8-21-16(25)22-15(24)11-9-13(23)14(26-2)10-12(11)17(18,19)20/h9-10,23H,3-8H2,1-2H3,(H2,21,22,24,25). The van der Waals surface area contributed by atoms with Gasteiger partial charge in [-0.05, 0) is 18.6 Å². The number of methoxy groups -OCH3 is 1. The monoisotopic (exact) mass is 376 g/mol. The molecule has 0 atom stereocenters. The maximum atomic E-state index is 13.1. The quantitative estimate of drug-likeness (QED) is 0.602. The minimum atomic E-state index is -4.86. The lowest BCUT2D eigenvalue weighted by molar-refractivity contribution is -0.138. The molecule has 26 heavy (non-hydrogen) atoms. The third-order valence-electron chi connectivity index (χ3n) is 3.66. The van der Waals surface area contributed by atoms with Gasteiger partial charge >= 0.3 is 12.2 Å². The first kappa shape index (κ1) is 21.6. The summed E-state index contributed by atoms with van der Waals surface area (Å²) >= 11 is 0. The molecule has 0 unspecified atom stereocenters. The predicted molar refractivity (Wildman–Crippen MR) is 89.3 cm³/mol. The Balaban J connectivity index is 2.74. The Kier molecular flexibility index (Phi) is 8.21. The summed E-state index contributed by atoms with van der Waals surface area (Å²) in [4.78, 5) is 23.7. The van der Waals surface area contributed by atoms with Crippen LogP contribution in [0.3, 0.4) is 0 Å². The zero-order valence-electron chi connectivity index (χ0n) is 14.7. The Morgan fingerprint density at radius 3 is 2.38 bits per heavy atom. The number of hydrogen-bond donors (Lipinski definition) is 3. The van der Waals surface area contributed by atoms with Gasteiger partial charge in [-0.2, -0.15) is 13.2 Å². The van der Waals surface area contributed by atoms with Crippen LogP contribution in [0.1, 0.15) is 54.9 Å². The van der Waals surface area contributed by atoms with Gasteiger partial charge in [0.15, 0.2) is 11.5 Å². The van der Waals surface area contributed by atoms with E-state index in [9.17, 15) is 27.9 Å². The van der Waals surface area contributed by atoms with Crippen LogP contribution in [0.4, 0.5) is 18.0 Å². The third kappa shape index (κ3) is 6.45. The van der Waals surface area contributed by atoms with Crippen molar-refractivity contribution in [3.8, 4) is 11.5 Å². The molecule has 3 amide bonds. The highest BCUT2D eigenvalue weighted by molar-refractivity contribution is 6.05. The lowest BCUT2D eigenvalue weighted by atomic mass is 10.0. The molecule has 1 aromatic carbocycles. The van der Waals surface area contributed by atoms with Crippen molar-refractivity contribution < 1.29 is 32.6 Å². The van der Waals surface area contributed by atoms with Crippen molar-refractivity contribution in [1.82, 2.24) is 10.6 Å². The molecule has 1 aromatic rings. The van der Waals surface area contributed by atoms with Gasteiger partial charge in [0.05, 0.1) is 18.2 Å². The predicted octanol–water partition coefficient (Wildman–Crippen LogP) is 3.83. The molecule has 0 saturated carbocycles. The van der Waals surface area contributed by atoms with Crippen LogP contribution in [-0.4, -0.2) is 30.7 Å². The summed E-state index contributed by atoms with van der Waals surface area (Å²) in [6.07, 6.45) is -0.0435. The van der Waals surface area contributed by atoms with E-state index in [0.717, 1.165) is 32.8 Å². The number of ether oxygens (including phenoxy) is 1. The number of imide groups is 1. The molecule has 0 heterocycles. The van der Waals surface area contributed by atoms with Crippen LogP contribution in [0.5, 0.6) is 11.5 Å². The Hall–Kier alpha value is -2.45. The summed E-state index contributed by atoms with van der Waals surface area (Å²) in [5.74, 6) is -2.33. The molecule has 0 aliphatic carbocycles. The van der Waals surface area contributed by atoms with Gasteiger partial charge in [0.25, 0.3) is 5.91 Å². The second kappa shape index (κ2) is 9.88. The molecule has 0 saturated heterocycles. The van der Waals surface area contributed by atoms with Gasteiger partial charge in [-0.25, -0.2) is 4.79 Å². The number of phenols is 1. The van der Waals surface area contributed by atoms with Crippen LogP contribution >= 0.6 is 0 Å². The molecule has 1 rings (SSSR count). The minimum Gasteiger partial charge on any atom is -0.504 e. The number of urea groups is 1. The van der Waals surface area contributed by atoms with E-state index in [2.05, 4.69) is 17.0 Å². The highest BCUT2D eigenvalue weighted by atomic mass is 19.4. The molecule has 0 aliphatic rings. The summed E-state index contributed by atoms with van der Waals surface area (Å²) in [5, 5.41) is 13.9. The highest BCUT2D eigenvalue weighted by Crippen LogP contribution is 2.38. The van der Waals surface area contributed by atoms with E-state index < -0.39 is 40.7 Å². The van der Waals surface area contributed by atoms with Gasteiger partial charge < -0.3 is 15.2 Å². The number of halogens is 3. The fraction of sp³-hybridized carbons (Fsp3) is 0.529. The van der Waals surface area contributed by atoms with Crippen molar-refractivity contribution in [1.29, 1.82) is 0 Å². The number of carbonyl (C=O) groups excluding carboxylic acids is 2. The van der Waals surface area contributed by atoms with E-state index in [1.165, 1.54) is 0 Å². The summed E-state index contributed by atoms with van der Waals surface area (Å²) in [7, 11) is 1.09. The van der Waals surface area contributed by atoms with Gasteiger partial charge in [0.2, 0.25) is 0 Å². The minimum absolute atomic E-state index is 0.308. The van der Waals surface area contributed by atoms with Gasteiger partial charge in [-0.3, -0.25) is 10.1 Å². The molecule has 0 aliphatic heterocycles. The van der Waals surface area contributed by atoms with Crippen molar-refractivity contribution in [2.45, 2.75) is 45.2 Å². The molecule has 0 spiro atoms. The lowest BCUT2D eigenvalue weighted by Crippen LogP contribution is -2.40. The van der Waals surface area contributed by atoms with Crippen LogP contribution in [-0.2, 0) is 6.18 Å². The zero-order valence-corrected chi connectivity index (χ0v) is 14.7. The van der Waals surface area contributed by atoms with Crippen LogP contribution in [0.25, 0.3) is 0 Å². The Morgan fingerprint density at radius 1 is 1.15 bits per heavy atom. The summed E-state index contributed by atoms with van der Waals surface area (Å²) < 4.78 is 44.0. The lowest BCUT2D eigenvalue weighted by Gasteiger charge is -2.15. The first-order valence-corrected chi connectivity index (χ1v) is 8.28. The average molecular weight is 376 g/mol. The molecule has 0 radical (unpaired) electrons. The molecule has 3 N–H and O–H groups in total. The molecule has 6 nitrogen and oxygen atoms in total. The van der Waals surface area contributed by atoms with Gasteiger partial charge in [-0.1, -0.05) is 32.6 Å². The Morgan fingerprint density at radius 2 is 1.81 bits per heavy atom. The van der Waals surface area contributed by atoms with Gasteiger partial charge in [0, 0.05) is 6.54 Å². The maximum absolute atomic E-state index is 13.1. The molecule has 146 valence electrons. The number of unbranched alkanes of at least 4 members (excludes halogenated alkanes) is 4. The first-order chi connectivity index (χ1) is 12.2. The topological polar surface area (TPSA) is 87.7 Å². The second-order valence-corrected chi connectivity index (χ2v) is 5.69. The average Bonchev–Trinajstić information content (AvgIpc) is 2.56. The van der Waals surface area contributed by atoms with E-state index in [1.807, 2.05) is 5.32 Å². The first-order valence-electron chi connectivity index (χ1n) is 8.28. The number of phenolic OH excluding ortho intramolecular Hbond substituents is 1. The van der Waals surface area contributed by atoms with Crippen LogP contribution in [0.2, 0.25) is 0 Å². The number of rotatable bonds is 8. The summed E-state index contributed by atoms with van der Waals surface area (Å²) in [6.45, 7) is 2.38. The maximum Gasteiger partial charge on any atom is 0.417 e. The van der Waals surface area contributed by atoms with Crippen molar-refractivity contribution in [2.75, 3.05) is 13.7 Å². The fourth-order valence-corrected chi connectivity index (χ4v) is 2.30. The van der Waals surface area contributed by atoms with Gasteiger partial charge in [0.1, 0.15) is 0 Å².